The molecule has 12 heteroatoms. The molecule has 0 saturated carbocycles. The van der Waals surface area contributed by atoms with Gasteiger partial charge in [0.2, 0.25) is 5.91 Å². The van der Waals surface area contributed by atoms with E-state index in [1.165, 1.54) is 22.1 Å². The van der Waals surface area contributed by atoms with Crippen molar-refractivity contribution < 1.29 is 27.2 Å². The van der Waals surface area contributed by atoms with E-state index in [9.17, 15) is 22.8 Å². The van der Waals surface area contributed by atoms with E-state index in [4.69, 9.17) is 9.15 Å². The van der Waals surface area contributed by atoms with Gasteiger partial charge in [-0.2, -0.15) is 0 Å². The second-order valence-corrected chi connectivity index (χ2v) is 11.0. The van der Waals surface area contributed by atoms with Crippen LogP contribution in [0, 0.1) is 6.92 Å². The quantitative estimate of drug-likeness (QED) is 0.455. The number of nitrogens with zero attached hydrogens (tertiary/aromatic N) is 3. The molecule has 0 N–H and O–H groups in total. The third-order valence-corrected chi connectivity index (χ3v) is 8.49. The molecule has 0 spiro atoms. The highest BCUT2D eigenvalue weighted by molar-refractivity contribution is 7.91. The third-order valence-electron chi connectivity index (χ3n) is 5.56. The lowest BCUT2D eigenvalue weighted by molar-refractivity contribution is -0.134. The lowest BCUT2D eigenvalue weighted by Crippen LogP contribution is -2.43. The van der Waals surface area contributed by atoms with Crippen LogP contribution in [0.25, 0.3) is 10.2 Å². The predicted octanol–water partition coefficient (Wildman–Crippen LogP) is 1.75. The molecule has 1 amide bonds. The average Bonchev–Trinajstić information content (AvgIpc) is 3.48. The van der Waals surface area contributed by atoms with Crippen molar-refractivity contribution in [1.29, 1.82) is 0 Å². The van der Waals surface area contributed by atoms with Crippen LogP contribution >= 0.6 is 11.3 Å². The van der Waals surface area contributed by atoms with E-state index >= 15 is 0 Å². The average molecular weight is 494 g/mol. The van der Waals surface area contributed by atoms with Gasteiger partial charge in [-0.05, 0) is 38.0 Å². The summed E-state index contributed by atoms with van der Waals surface area (Å²) in [5, 5.41) is 0.263. The number of amides is 1. The zero-order valence-electron chi connectivity index (χ0n) is 18.1. The normalized spacial score (nSPS) is 17.3. The van der Waals surface area contributed by atoms with Gasteiger partial charge < -0.3 is 14.1 Å². The van der Waals surface area contributed by atoms with Gasteiger partial charge in [0.25, 0.3) is 5.56 Å². The third kappa shape index (κ3) is 4.71. The minimum atomic E-state index is -3.23. The zero-order valence-corrected chi connectivity index (χ0v) is 19.8. The van der Waals surface area contributed by atoms with E-state index in [-0.39, 0.29) is 36.6 Å². The van der Waals surface area contributed by atoms with Crippen LogP contribution in [0.3, 0.4) is 0 Å². The van der Waals surface area contributed by atoms with Crippen molar-refractivity contribution in [3.63, 3.8) is 0 Å². The van der Waals surface area contributed by atoms with Crippen LogP contribution in [0.1, 0.15) is 34.3 Å². The van der Waals surface area contributed by atoms with Gasteiger partial charge in [-0.25, -0.2) is 18.2 Å². The van der Waals surface area contributed by atoms with Crippen LogP contribution < -0.4 is 5.56 Å². The Kier molecular flexibility index (Phi) is 6.39. The molecule has 0 aromatic carbocycles. The van der Waals surface area contributed by atoms with Gasteiger partial charge in [-0.3, -0.25) is 14.2 Å². The first kappa shape index (κ1) is 23.2. The fourth-order valence-electron chi connectivity index (χ4n) is 3.91. The number of furan rings is 1. The molecule has 0 radical (unpaired) electrons. The number of aryl methyl sites for hydroxylation is 1. The molecular formula is C21H23N3O7S2. The number of thiophene rings is 1. The summed E-state index contributed by atoms with van der Waals surface area (Å²) in [4.78, 5) is 45.0. The summed E-state index contributed by atoms with van der Waals surface area (Å²) >= 11 is 1.07. The fourth-order valence-corrected chi connectivity index (χ4v) is 6.68. The van der Waals surface area contributed by atoms with Gasteiger partial charge in [0.05, 0.1) is 42.6 Å². The van der Waals surface area contributed by atoms with Crippen LogP contribution in [0.5, 0.6) is 0 Å². The zero-order chi connectivity index (χ0) is 23.8. The molecule has 4 rings (SSSR count). The lowest BCUT2D eigenvalue weighted by atomic mass is 10.2. The molecule has 0 unspecified atom stereocenters. The Balaban J connectivity index is 1.64. The number of ether oxygens (including phenoxy) is 1. The van der Waals surface area contributed by atoms with Gasteiger partial charge in [0.15, 0.2) is 9.84 Å². The van der Waals surface area contributed by atoms with Crippen molar-refractivity contribution in [2.24, 2.45) is 0 Å². The highest BCUT2D eigenvalue weighted by atomic mass is 32.2. The maximum atomic E-state index is 13.2. The summed E-state index contributed by atoms with van der Waals surface area (Å²) in [5.41, 5.74) is 0.0108. The van der Waals surface area contributed by atoms with Crippen LogP contribution in [0.15, 0.2) is 33.9 Å². The first-order valence-corrected chi connectivity index (χ1v) is 13.0. The summed E-state index contributed by atoms with van der Waals surface area (Å²) in [5.74, 6) is -0.542. The van der Waals surface area contributed by atoms with E-state index < -0.39 is 33.3 Å². The number of fused-ring (bicyclic) bond motifs is 1. The van der Waals surface area contributed by atoms with Crippen molar-refractivity contribution in [2.75, 3.05) is 18.1 Å². The Morgan fingerprint density at radius 2 is 2.18 bits per heavy atom. The molecule has 176 valence electrons. The second kappa shape index (κ2) is 9.10. The number of carbonyl (C=O) groups is 2. The molecule has 1 aliphatic heterocycles. The lowest BCUT2D eigenvalue weighted by Gasteiger charge is -2.27. The molecule has 1 saturated heterocycles. The number of sulfone groups is 1. The standard InChI is InChI=1S/C21H23N3O7S2/c1-3-30-21(27)18-13(2)17-19(32-18)22-12-23(20(17)26)10-16(25)24(9-15-5-4-7-31-15)14-6-8-33(28,29)11-14/h4-5,7,12,14H,3,6,8-11H2,1-2H3/t14-/m0/s1. The van der Waals surface area contributed by atoms with Crippen molar-refractivity contribution in [3.05, 3.63) is 51.3 Å². The Labute approximate surface area is 193 Å². The van der Waals surface area contributed by atoms with E-state index in [2.05, 4.69) is 4.98 Å². The Morgan fingerprint density at radius 3 is 2.82 bits per heavy atom. The number of aromatic nitrogens is 2. The van der Waals surface area contributed by atoms with E-state index in [1.54, 1.807) is 26.0 Å². The van der Waals surface area contributed by atoms with Crippen molar-refractivity contribution in [1.82, 2.24) is 14.5 Å². The maximum Gasteiger partial charge on any atom is 0.348 e. The van der Waals surface area contributed by atoms with Crippen LogP contribution in [-0.4, -0.2) is 58.9 Å². The molecule has 1 aliphatic rings. The summed E-state index contributed by atoms with van der Waals surface area (Å²) in [6, 6.07) is 2.89. The highest BCUT2D eigenvalue weighted by Gasteiger charge is 2.35. The monoisotopic (exact) mass is 493 g/mol. The van der Waals surface area contributed by atoms with Crippen LogP contribution in [-0.2, 0) is 32.5 Å². The highest BCUT2D eigenvalue weighted by Crippen LogP contribution is 2.27. The molecule has 0 bridgehead atoms. The Bertz CT molecular complexity index is 1360. The molecule has 3 aromatic rings. The fraction of sp³-hybridized carbons (Fsp3) is 0.429. The summed E-state index contributed by atoms with van der Waals surface area (Å²) < 4.78 is 35.6. The van der Waals surface area contributed by atoms with Gasteiger partial charge in [-0.1, -0.05) is 0 Å². The van der Waals surface area contributed by atoms with Gasteiger partial charge in [0.1, 0.15) is 22.0 Å². The minimum Gasteiger partial charge on any atom is -0.467 e. The predicted molar refractivity (Wildman–Crippen MR) is 121 cm³/mol. The second-order valence-electron chi connectivity index (χ2n) is 7.79. The summed E-state index contributed by atoms with van der Waals surface area (Å²) in [6.45, 7) is 3.33. The number of carbonyl (C=O) groups excluding carboxylic acids is 2. The van der Waals surface area contributed by atoms with Gasteiger partial charge in [0, 0.05) is 6.04 Å². The van der Waals surface area contributed by atoms with Crippen molar-refractivity contribution in [2.45, 2.75) is 39.4 Å². The topological polar surface area (TPSA) is 129 Å². The molecule has 4 heterocycles. The maximum absolute atomic E-state index is 13.2. The number of rotatable bonds is 7. The molecule has 10 nitrogen and oxygen atoms in total. The first-order chi connectivity index (χ1) is 15.7. The minimum absolute atomic E-state index is 0.0117. The number of hydrogen-bond donors (Lipinski definition) is 0. The number of hydrogen-bond acceptors (Lipinski definition) is 9. The van der Waals surface area contributed by atoms with Crippen molar-refractivity contribution in [3.8, 4) is 0 Å². The number of esters is 1. The van der Waals surface area contributed by atoms with Gasteiger partial charge in [-0.15, -0.1) is 11.3 Å². The molecule has 1 atom stereocenters. The SMILES string of the molecule is CCOC(=O)c1sc2ncn(CC(=O)N(Cc3ccco3)[C@H]3CCS(=O)(=O)C3)c(=O)c2c1C. The van der Waals surface area contributed by atoms with E-state index in [0.29, 0.717) is 27.5 Å². The molecule has 0 aliphatic carbocycles. The smallest absolute Gasteiger partial charge is 0.348 e. The first-order valence-electron chi connectivity index (χ1n) is 10.4. The van der Waals surface area contributed by atoms with Crippen LogP contribution in [0.2, 0.25) is 0 Å². The van der Waals surface area contributed by atoms with E-state index in [1.807, 2.05) is 0 Å². The van der Waals surface area contributed by atoms with Crippen molar-refractivity contribution >= 4 is 43.3 Å². The molecular weight excluding hydrogens is 470 g/mol. The summed E-state index contributed by atoms with van der Waals surface area (Å²) in [6.07, 6.45) is 3.07. The largest absolute Gasteiger partial charge is 0.467 e. The molecule has 33 heavy (non-hydrogen) atoms. The Hall–Kier alpha value is -2.99. The summed E-state index contributed by atoms with van der Waals surface area (Å²) in [7, 11) is -3.23. The van der Waals surface area contributed by atoms with Crippen LogP contribution in [0.4, 0.5) is 0 Å². The molecule has 1 fully saturated rings. The van der Waals surface area contributed by atoms with E-state index in [0.717, 1.165) is 11.3 Å². The van der Waals surface area contributed by atoms with Gasteiger partial charge >= 0.3 is 5.97 Å². The Morgan fingerprint density at radius 1 is 1.39 bits per heavy atom. The molecule has 3 aromatic heterocycles.